The molecule has 4 heteroatoms. The molecule has 0 saturated carbocycles. The van der Waals surface area contributed by atoms with Crippen LogP contribution in [-0.4, -0.2) is 19.1 Å². The van der Waals surface area contributed by atoms with Crippen molar-refractivity contribution in [3.63, 3.8) is 0 Å². The predicted octanol–water partition coefficient (Wildman–Crippen LogP) is 1.12. The Morgan fingerprint density at radius 3 is 2.38 bits per heavy atom. The van der Waals surface area contributed by atoms with Crippen LogP contribution in [0.4, 0.5) is 0 Å². The van der Waals surface area contributed by atoms with E-state index in [9.17, 15) is 4.79 Å². The second kappa shape index (κ2) is 6.72. The van der Waals surface area contributed by atoms with Gasteiger partial charge >= 0.3 is 95.3 Å². The van der Waals surface area contributed by atoms with Crippen molar-refractivity contribution >= 4 is 5.97 Å². The van der Waals surface area contributed by atoms with E-state index in [1.807, 2.05) is 0 Å². The number of hydrogen-bond donors (Lipinski definition) is 1. The van der Waals surface area contributed by atoms with Gasteiger partial charge in [-0.25, -0.2) is 0 Å². The molecule has 78 valence electrons. The third-order valence-corrected chi connectivity index (χ3v) is 3.74. The summed E-state index contributed by atoms with van der Waals surface area (Å²) in [6.07, 6.45) is 0.737. The van der Waals surface area contributed by atoms with Crippen LogP contribution in [0.2, 0.25) is 4.13 Å². The molecule has 0 heterocycles. The van der Waals surface area contributed by atoms with E-state index in [-0.39, 0.29) is 5.97 Å². The fraction of sp³-hybridized carbons (Fsp3) is 0.889. The van der Waals surface area contributed by atoms with Crippen LogP contribution in [0.15, 0.2) is 0 Å². The van der Waals surface area contributed by atoms with Crippen LogP contribution in [0.25, 0.3) is 0 Å². The number of carbonyl (C=O) groups excluding carboxylic acids is 1. The second-order valence-corrected chi connectivity index (χ2v) is 4.72. The maximum absolute atomic E-state index is 11.0. The number of ether oxygens (including phenoxy) is 1. The zero-order chi connectivity index (χ0) is 10.4. The number of carbonyl (C=O) groups is 1. The van der Waals surface area contributed by atoms with E-state index in [0.29, 0.717) is 11.8 Å². The molecule has 0 aromatic rings. The molecule has 0 spiro atoms. The molecule has 0 saturated heterocycles. The average molecular weight is 382 g/mol. The molecule has 0 aromatic heterocycles. The van der Waals surface area contributed by atoms with E-state index in [4.69, 9.17) is 5.73 Å². The summed E-state index contributed by atoms with van der Waals surface area (Å²) < 4.78 is 5.69. The van der Waals surface area contributed by atoms with Crippen molar-refractivity contribution < 1.29 is 34.3 Å². The molecule has 0 rings (SSSR count). The molecule has 3 nitrogen and oxygen atoms in total. The summed E-state index contributed by atoms with van der Waals surface area (Å²) >= 11 is 1.74. The molecule has 2 atom stereocenters. The zero-order valence-corrected chi connectivity index (χ0v) is 11.4. The van der Waals surface area contributed by atoms with E-state index in [2.05, 4.69) is 18.6 Å². The summed E-state index contributed by atoms with van der Waals surface area (Å²) in [6.45, 7) is 4.32. The van der Waals surface area contributed by atoms with Gasteiger partial charge in [0, 0.05) is 0 Å². The van der Waals surface area contributed by atoms with E-state index in [0.717, 1.165) is 10.5 Å². The van der Waals surface area contributed by atoms with Crippen molar-refractivity contribution in [2.75, 3.05) is 7.11 Å². The van der Waals surface area contributed by atoms with Gasteiger partial charge in [0.1, 0.15) is 0 Å². The summed E-state index contributed by atoms with van der Waals surface area (Å²) in [7, 11) is 1.38. The van der Waals surface area contributed by atoms with Crippen LogP contribution in [0.5, 0.6) is 0 Å². The quantitative estimate of drug-likeness (QED) is 0.726. The molecular weight excluding hydrogens is 364 g/mol. The Labute approximate surface area is 95.2 Å². The predicted molar refractivity (Wildman–Crippen MR) is 47.7 cm³/mol. The normalized spacial score (nSPS) is 15.5. The van der Waals surface area contributed by atoms with Crippen molar-refractivity contribution in [2.24, 2.45) is 17.6 Å². The van der Waals surface area contributed by atoms with Gasteiger partial charge in [-0.3, -0.25) is 0 Å². The van der Waals surface area contributed by atoms with Crippen LogP contribution in [0, 0.1) is 36.6 Å². The number of rotatable bonds is 5. The summed E-state index contributed by atoms with van der Waals surface area (Å²) in [4.78, 5) is 11.0. The molecule has 0 aromatic carbocycles. The molecule has 0 aliphatic heterocycles. The zero-order valence-electron chi connectivity index (χ0n) is 8.42. The summed E-state index contributed by atoms with van der Waals surface area (Å²) in [5.41, 5.74) is 5.67. The van der Waals surface area contributed by atoms with Crippen LogP contribution in [0.3, 0.4) is 0 Å². The Kier molecular flexibility index (Phi) is 6.88. The Balaban J connectivity index is 4.00. The van der Waals surface area contributed by atoms with E-state index in [1.165, 1.54) is 7.11 Å². The molecule has 0 aliphatic rings. The third-order valence-electron chi connectivity index (χ3n) is 2.20. The van der Waals surface area contributed by atoms with Gasteiger partial charge in [-0.1, -0.05) is 0 Å². The SMILES string of the molecule is COC(=O)[C@@H](N)C[C@H](C[At])C(C)C. The molecular formula is C9H18AtNO2. The van der Waals surface area contributed by atoms with Gasteiger partial charge in [0.05, 0.1) is 0 Å². The Bertz CT molecular complexity index is 162. The molecule has 0 unspecified atom stereocenters. The van der Waals surface area contributed by atoms with Crippen LogP contribution in [0.1, 0.15) is 20.3 Å². The average Bonchev–Trinajstić information content (AvgIpc) is 2.11. The van der Waals surface area contributed by atoms with Gasteiger partial charge < -0.3 is 0 Å². The van der Waals surface area contributed by atoms with Crippen LogP contribution in [-0.2, 0) is 9.53 Å². The molecule has 0 radical (unpaired) electrons. The van der Waals surface area contributed by atoms with Gasteiger partial charge in [-0.05, 0) is 0 Å². The fourth-order valence-electron chi connectivity index (χ4n) is 1.09. The molecule has 2 N–H and O–H groups in total. The molecule has 0 amide bonds. The summed E-state index contributed by atoms with van der Waals surface area (Å²) in [6, 6.07) is -0.452. The number of esters is 1. The Hall–Kier alpha value is 0.313. The molecule has 13 heavy (non-hydrogen) atoms. The minimum atomic E-state index is -0.452. The van der Waals surface area contributed by atoms with Gasteiger partial charge in [0.15, 0.2) is 0 Å². The monoisotopic (exact) mass is 382 g/mol. The van der Waals surface area contributed by atoms with Crippen LogP contribution >= 0.6 is 0 Å². The number of methoxy groups -OCH3 is 1. The van der Waals surface area contributed by atoms with Crippen molar-refractivity contribution in [3.05, 3.63) is 0 Å². The Morgan fingerprint density at radius 2 is 2.08 bits per heavy atom. The first-order valence-electron chi connectivity index (χ1n) is 4.42. The topological polar surface area (TPSA) is 52.3 Å². The second-order valence-electron chi connectivity index (χ2n) is 3.52. The first-order valence-corrected chi connectivity index (χ1v) is 6.50. The molecule has 0 fully saturated rings. The van der Waals surface area contributed by atoms with Gasteiger partial charge in [-0.15, -0.1) is 0 Å². The van der Waals surface area contributed by atoms with Crippen molar-refractivity contribution in [1.29, 1.82) is 0 Å². The number of nitrogens with two attached hydrogens (primary N) is 1. The van der Waals surface area contributed by atoms with E-state index >= 15 is 0 Å². The van der Waals surface area contributed by atoms with Gasteiger partial charge in [0.25, 0.3) is 0 Å². The first kappa shape index (κ1) is 13.3. The minimum absolute atomic E-state index is 0.300. The number of hydrogen-bond acceptors (Lipinski definition) is 3. The standard InChI is InChI=1S/C9H18AtNO2/c1-6(2)7(5-10)4-8(11)9(12)13-3/h6-8H,4-5,11H2,1-3H3/t7-,8+/m1/s1. The van der Waals surface area contributed by atoms with E-state index < -0.39 is 6.04 Å². The maximum atomic E-state index is 11.0. The van der Waals surface area contributed by atoms with Gasteiger partial charge in [0.2, 0.25) is 0 Å². The summed E-state index contributed by atoms with van der Waals surface area (Å²) in [5.74, 6) is 0.817. The molecule has 0 aliphatic carbocycles. The third kappa shape index (κ3) is 4.92. The van der Waals surface area contributed by atoms with Gasteiger partial charge in [-0.2, -0.15) is 0 Å². The fourth-order valence-corrected chi connectivity index (χ4v) is 2.96. The first-order chi connectivity index (χ1) is 6.02. The van der Waals surface area contributed by atoms with Crippen molar-refractivity contribution in [3.8, 4) is 0 Å². The van der Waals surface area contributed by atoms with Crippen molar-refractivity contribution in [1.82, 2.24) is 0 Å². The Morgan fingerprint density at radius 1 is 1.54 bits per heavy atom. The van der Waals surface area contributed by atoms with E-state index in [1.54, 1.807) is 24.7 Å². The van der Waals surface area contributed by atoms with Crippen molar-refractivity contribution in [2.45, 2.75) is 30.4 Å². The molecule has 0 bridgehead atoms. The van der Waals surface area contributed by atoms with Crippen LogP contribution < -0.4 is 5.73 Å². The summed E-state index contributed by atoms with van der Waals surface area (Å²) in [5, 5.41) is 0.